The third-order valence-electron chi connectivity index (χ3n) is 5.40. The average molecular weight is 371 g/mol. The number of aryl methyl sites for hydroxylation is 1. The fourth-order valence-corrected chi connectivity index (χ4v) is 3.66. The number of anilines is 1. The highest BCUT2D eigenvalue weighted by Gasteiger charge is 2.29. The van der Waals surface area contributed by atoms with Gasteiger partial charge in [0, 0.05) is 42.5 Å². The molecule has 0 aromatic heterocycles. The summed E-state index contributed by atoms with van der Waals surface area (Å²) in [6.07, 6.45) is 6.50. The number of hydrogen-bond acceptors (Lipinski definition) is 6. The van der Waals surface area contributed by atoms with Crippen molar-refractivity contribution in [1.29, 1.82) is 0 Å². The Balaban J connectivity index is 1.92. The Morgan fingerprint density at radius 1 is 1.41 bits per heavy atom. The summed E-state index contributed by atoms with van der Waals surface area (Å²) in [5.41, 5.74) is 2.78. The molecule has 2 heterocycles. The molecule has 27 heavy (non-hydrogen) atoms. The van der Waals surface area contributed by atoms with Gasteiger partial charge in [-0.25, -0.2) is 0 Å². The molecule has 0 amide bonds. The zero-order valence-electron chi connectivity index (χ0n) is 16.4. The second kappa shape index (κ2) is 8.52. The maximum absolute atomic E-state index is 11.4. The van der Waals surface area contributed by atoms with Crippen LogP contribution in [0.4, 0.5) is 11.4 Å². The summed E-state index contributed by atoms with van der Waals surface area (Å²) < 4.78 is 0. The van der Waals surface area contributed by atoms with Crippen LogP contribution >= 0.6 is 0 Å². The van der Waals surface area contributed by atoms with Crippen LogP contribution in [0.15, 0.2) is 35.1 Å². The van der Waals surface area contributed by atoms with Crippen molar-refractivity contribution in [2.45, 2.75) is 45.6 Å². The molecular weight excluding hydrogens is 342 g/mol. The van der Waals surface area contributed by atoms with Crippen LogP contribution in [0.1, 0.15) is 38.2 Å². The molecule has 7 nitrogen and oxygen atoms in total. The third kappa shape index (κ3) is 4.30. The van der Waals surface area contributed by atoms with Gasteiger partial charge >= 0.3 is 0 Å². The Morgan fingerprint density at radius 3 is 2.89 bits per heavy atom. The fraction of sp³-hybridized carbons (Fsp3) is 0.550. The summed E-state index contributed by atoms with van der Waals surface area (Å²) in [6, 6.07) is 5.91. The Kier molecular flexibility index (Phi) is 6.11. The highest BCUT2D eigenvalue weighted by atomic mass is 16.6. The van der Waals surface area contributed by atoms with Gasteiger partial charge in [-0.2, -0.15) is 0 Å². The highest BCUT2D eigenvalue weighted by Crippen LogP contribution is 2.31. The number of likely N-dealkylation sites (tertiary alicyclic amines) is 1. The number of likely N-dealkylation sites (N-methyl/N-ethyl adjacent to an activating group) is 1. The van der Waals surface area contributed by atoms with Gasteiger partial charge in [-0.15, -0.1) is 0 Å². The van der Waals surface area contributed by atoms with Gasteiger partial charge in [0.25, 0.3) is 5.69 Å². The molecule has 7 heteroatoms. The van der Waals surface area contributed by atoms with Crippen molar-refractivity contribution in [2.24, 2.45) is 4.99 Å². The van der Waals surface area contributed by atoms with Gasteiger partial charge in [0.05, 0.1) is 10.6 Å². The van der Waals surface area contributed by atoms with E-state index < -0.39 is 0 Å². The third-order valence-corrected chi connectivity index (χ3v) is 5.40. The van der Waals surface area contributed by atoms with E-state index in [0.717, 1.165) is 56.0 Å². The quantitative estimate of drug-likeness (QED) is 0.587. The van der Waals surface area contributed by atoms with Gasteiger partial charge in [-0.05, 0) is 39.3 Å². The molecule has 0 bridgehead atoms. The van der Waals surface area contributed by atoms with E-state index in [9.17, 15) is 10.1 Å². The molecule has 1 fully saturated rings. The van der Waals surface area contributed by atoms with Gasteiger partial charge in [-0.3, -0.25) is 15.1 Å². The van der Waals surface area contributed by atoms with E-state index in [1.807, 2.05) is 19.2 Å². The first-order valence-corrected chi connectivity index (χ1v) is 9.73. The van der Waals surface area contributed by atoms with Crippen LogP contribution in [0.3, 0.4) is 0 Å². The average Bonchev–Trinajstić information content (AvgIpc) is 3.15. The summed E-state index contributed by atoms with van der Waals surface area (Å²) in [5, 5.41) is 14.7. The zero-order valence-corrected chi connectivity index (χ0v) is 16.4. The molecule has 0 saturated carbocycles. The van der Waals surface area contributed by atoms with Gasteiger partial charge < -0.3 is 15.1 Å². The van der Waals surface area contributed by atoms with E-state index in [-0.39, 0.29) is 10.6 Å². The Labute approximate surface area is 160 Å². The maximum atomic E-state index is 11.4. The van der Waals surface area contributed by atoms with Crippen LogP contribution < -0.4 is 10.2 Å². The minimum Gasteiger partial charge on any atom is -0.356 e. The molecule has 1 saturated heterocycles. The number of aliphatic imine (C=N–C) groups is 1. The normalized spacial score (nSPS) is 19.9. The van der Waals surface area contributed by atoms with Crippen LogP contribution in [0, 0.1) is 17.0 Å². The topological polar surface area (TPSA) is 74.0 Å². The van der Waals surface area contributed by atoms with Crippen molar-refractivity contribution >= 4 is 17.1 Å². The zero-order chi connectivity index (χ0) is 19.4. The molecule has 2 aliphatic heterocycles. The lowest BCUT2D eigenvalue weighted by Crippen LogP contribution is -2.39. The Hall–Kier alpha value is -2.41. The lowest BCUT2D eigenvalue weighted by Gasteiger charge is -2.35. The van der Waals surface area contributed by atoms with Crippen molar-refractivity contribution in [3.05, 3.63) is 45.8 Å². The Bertz CT molecular complexity index is 759. The molecule has 0 spiro atoms. The second-order valence-electron chi connectivity index (χ2n) is 7.27. The fourth-order valence-electron chi connectivity index (χ4n) is 3.66. The van der Waals surface area contributed by atoms with Gasteiger partial charge in [0.15, 0.2) is 0 Å². The number of nitro benzene ring substituents is 1. The SMILES string of the molecule is CCCCC1=NCN(c2ccc(C)c([N+](=O)[O-])c2)C(N2CC[C@H](NC)C2)=C1. The Morgan fingerprint density at radius 2 is 2.22 bits per heavy atom. The molecule has 1 aromatic rings. The summed E-state index contributed by atoms with van der Waals surface area (Å²) in [5.74, 6) is 1.10. The van der Waals surface area contributed by atoms with E-state index in [1.54, 1.807) is 13.0 Å². The van der Waals surface area contributed by atoms with Crippen molar-refractivity contribution in [2.75, 3.05) is 31.7 Å². The molecule has 146 valence electrons. The molecule has 1 atom stereocenters. The molecule has 1 aromatic carbocycles. The van der Waals surface area contributed by atoms with E-state index in [0.29, 0.717) is 18.3 Å². The molecule has 3 rings (SSSR count). The predicted octanol–water partition coefficient (Wildman–Crippen LogP) is 3.45. The number of allylic oxidation sites excluding steroid dienone is 1. The van der Waals surface area contributed by atoms with Crippen LogP contribution in [-0.2, 0) is 0 Å². The summed E-state index contributed by atoms with van der Waals surface area (Å²) >= 11 is 0. The van der Waals surface area contributed by atoms with E-state index in [1.165, 1.54) is 0 Å². The molecule has 1 N–H and O–H groups in total. The minimum absolute atomic E-state index is 0.155. The maximum Gasteiger partial charge on any atom is 0.274 e. The van der Waals surface area contributed by atoms with Gasteiger partial charge in [-0.1, -0.05) is 19.4 Å². The lowest BCUT2D eigenvalue weighted by atomic mass is 10.1. The highest BCUT2D eigenvalue weighted by molar-refractivity contribution is 5.97. The van der Waals surface area contributed by atoms with Crippen molar-refractivity contribution < 1.29 is 4.92 Å². The molecule has 0 radical (unpaired) electrons. The van der Waals surface area contributed by atoms with Crippen LogP contribution in [-0.4, -0.2) is 48.4 Å². The van der Waals surface area contributed by atoms with Crippen molar-refractivity contribution in [3.8, 4) is 0 Å². The number of nitro groups is 1. The van der Waals surface area contributed by atoms with Crippen LogP contribution in [0.25, 0.3) is 0 Å². The number of rotatable bonds is 7. The number of nitrogens with zero attached hydrogens (tertiary/aromatic N) is 4. The number of benzene rings is 1. The van der Waals surface area contributed by atoms with E-state index in [2.05, 4.69) is 28.1 Å². The summed E-state index contributed by atoms with van der Waals surface area (Å²) in [6.45, 7) is 6.38. The second-order valence-corrected chi connectivity index (χ2v) is 7.27. The van der Waals surface area contributed by atoms with Crippen molar-refractivity contribution in [1.82, 2.24) is 10.2 Å². The smallest absolute Gasteiger partial charge is 0.274 e. The summed E-state index contributed by atoms with van der Waals surface area (Å²) in [7, 11) is 2.00. The number of hydrogen-bond donors (Lipinski definition) is 1. The summed E-state index contributed by atoms with van der Waals surface area (Å²) in [4.78, 5) is 20.3. The predicted molar refractivity (Wildman–Crippen MR) is 109 cm³/mol. The standard InChI is InChI=1S/C20H29N5O2/c1-4-5-6-16-11-20(23-10-9-17(13-23)21-3)24(14-22-16)18-8-7-15(2)19(12-18)25(26)27/h7-8,11-12,17,21H,4-6,9-10,13-14H2,1-3H3/t17-/m0/s1. The van der Waals surface area contributed by atoms with E-state index in [4.69, 9.17) is 4.99 Å². The number of nitrogens with one attached hydrogen (secondary N) is 1. The first kappa shape index (κ1) is 19.4. The van der Waals surface area contributed by atoms with Crippen LogP contribution in [0.5, 0.6) is 0 Å². The van der Waals surface area contributed by atoms with Gasteiger partial charge in [0.1, 0.15) is 12.5 Å². The first-order valence-electron chi connectivity index (χ1n) is 9.73. The van der Waals surface area contributed by atoms with Crippen LogP contribution in [0.2, 0.25) is 0 Å². The number of unbranched alkanes of at least 4 members (excludes halogenated alkanes) is 1. The lowest BCUT2D eigenvalue weighted by molar-refractivity contribution is -0.385. The largest absolute Gasteiger partial charge is 0.356 e. The molecule has 2 aliphatic rings. The van der Waals surface area contributed by atoms with Gasteiger partial charge in [0.2, 0.25) is 0 Å². The molecule has 0 unspecified atom stereocenters. The van der Waals surface area contributed by atoms with E-state index >= 15 is 0 Å². The molecular formula is C20H29N5O2. The molecule has 0 aliphatic carbocycles. The monoisotopic (exact) mass is 371 g/mol. The minimum atomic E-state index is -0.311. The van der Waals surface area contributed by atoms with Crippen molar-refractivity contribution in [3.63, 3.8) is 0 Å². The first-order chi connectivity index (χ1) is 13.0.